The van der Waals surface area contributed by atoms with Gasteiger partial charge in [-0.05, 0) is 49.4 Å². The minimum Gasteiger partial charge on any atom is -0.385 e. The van der Waals surface area contributed by atoms with E-state index in [1.54, 1.807) is 7.11 Å². The topological polar surface area (TPSA) is 35.2 Å². The summed E-state index contributed by atoms with van der Waals surface area (Å²) in [5.74, 6) is 1.40. The number of methoxy groups -OCH3 is 1. The van der Waals surface area contributed by atoms with E-state index in [-0.39, 0.29) is 5.54 Å². The van der Waals surface area contributed by atoms with Crippen LogP contribution in [0.15, 0.2) is 0 Å². The molecule has 1 aliphatic rings. The summed E-state index contributed by atoms with van der Waals surface area (Å²) in [7, 11) is 1.78. The van der Waals surface area contributed by atoms with E-state index in [0.29, 0.717) is 11.3 Å². The van der Waals surface area contributed by atoms with E-state index in [0.717, 1.165) is 18.9 Å². The Labute approximate surface area is 114 Å². The first-order chi connectivity index (χ1) is 8.29. The molecule has 0 aliphatic heterocycles. The summed E-state index contributed by atoms with van der Waals surface area (Å²) in [6.07, 6.45) is 7.38. The molecule has 2 heteroatoms. The Morgan fingerprint density at radius 2 is 1.94 bits per heavy atom. The lowest BCUT2D eigenvalue weighted by molar-refractivity contribution is 0.145. The average molecular weight is 255 g/mol. The van der Waals surface area contributed by atoms with Crippen molar-refractivity contribution in [3.8, 4) is 0 Å². The van der Waals surface area contributed by atoms with Gasteiger partial charge in [0.1, 0.15) is 0 Å². The summed E-state index contributed by atoms with van der Waals surface area (Å²) in [6.45, 7) is 10.2. The standard InChI is InChI=1S/C16H33NO/c1-13(9-12-18-5)16(17)10-6-7-14(8-11-16)15(2,3)4/h13-14H,6-12,17H2,1-5H3. The third-order valence-corrected chi connectivity index (χ3v) is 5.11. The van der Waals surface area contributed by atoms with Gasteiger partial charge in [-0.3, -0.25) is 0 Å². The lowest BCUT2D eigenvalue weighted by Crippen LogP contribution is -2.46. The van der Waals surface area contributed by atoms with Crippen LogP contribution in [0.2, 0.25) is 0 Å². The second-order valence-electron chi connectivity index (χ2n) is 7.41. The van der Waals surface area contributed by atoms with Crippen molar-refractivity contribution >= 4 is 0 Å². The highest BCUT2D eigenvalue weighted by Crippen LogP contribution is 2.41. The summed E-state index contributed by atoms with van der Waals surface area (Å²) >= 11 is 0. The van der Waals surface area contributed by atoms with Crippen molar-refractivity contribution in [3.05, 3.63) is 0 Å². The van der Waals surface area contributed by atoms with Crippen molar-refractivity contribution in [3.63, 3.8) is 0 Å². The molecular weight excluding hydrogens is 222 g/mol. The predicted octanol–water partition coefficient (Wildman–Crippen LogP) is 3.98. The molecule has 0 radical (unpaired) electrons. The van der Waals surface area contributed by atoms with Crippen molar-refractivity contribution in [1.82, 2.24) is 0 Å². The van der Waals surface area contributed by atoms with Crippen LogP contribution in [0, 0.1) is 17.3 Å². The lowest BCUT2D eigenvalue weighted by Gasteiger charge is -2.36. The van der Waals surface area contributed by atoms with Crippen LogP contribution < -0.4 is 5.73 Å². The molecule has 0 aromatic carbocycles. The summed E-state index contributed by atoms with van der Waals surface area (Å²) in [4.78, 5) is 0. The van der Waals surface area contributed by atoms with Crippen LogP contribution in [-0.2, 0) is 4.74 Å². The quantitative estimate of drug-likeness (QED) is 0.771. The van der Waals surface area contributed by atoms with Gasteiger partial charge in [-0.1, -0.05) is 34.1 Å². The highest BCUT2D eigenvalue weighted by Gasteiger charge is 2.36. The normalized spacial score (nSPS) is 32.0. The summed E-state index contributed by atoms with van der Waals surface area (Å²) < 4.78 is 5.20. The summed E-state index contributed by atoms with van der Waals surface area (Å²) in [5.41, 5.74) is 7.17. The van der Waals surface area contributed by atoms with Crippen LogP contribution in [0.25, 0.3) is 0 Å². The molecule has 18 heavy (non-hydrogen) atoms. The van der Waals surface area contributed by atoms with Gasteiger partial charge in [-0.15, -0.1) is 0 Å². The number of nitrogens with two attached hydrogens (primary N) is 1. The Kier molecular flexibility index (Phi) is 5.67. The molecule has 3 unspecified atom stereocenters. The Balaban J connectivity index is 2.59. The van der Waals surface area contributed by atoms with Gasteiger partial charge in [0.2, 0.25) is 0 Å². The molecule has 0 spiro atoms. The van der Waals surface area contributed by atoms with Crippen molar-refractivity contribution < 1.29 is 4.74 Å². The molecule has 1 aliphatic carbocycles. The van der Waals surface area contributed by atoms with Gasteiger partial charge >= 0.3 is 0 Å². The summed E-state index contributed by atoms with van der Waals surface area (Å²) in [5, 5.41) is 0. The van der Waals surface area contributed by atoms with Crippen molar-refractivity contribution in [2.45, 2.75) is 71.8 Å². The maximum absolute atomic E-state index is 6.69. The highest BCUT2D eigenvalue weighted by molar-refractivity contribution is 4.93. The molecule has 3 atom stereocenters. The number of ether oxygens (including phenoxy) is 1. The number of rotatable bonds is 4. The van der Waals surface area contributed by atoms with E-state index in [9.17, 15) is 0 Å². The van der Waals surface area contributed by atoms with Crippen LogP contribution in [0.4, 0.5) is 0 Å². The monoisotopic (exact) mass is 255 g/mol. The average Bonchev–Trinajstić information content (AvgIpc) is 2.48. The molecule has 2 nitrogen and oxygen atoms in total. The molecule has 0 heterocycles. The smallest absolute Gasteiger partial charge is 0.0465 e. The second-order valence-corrected chi connectivity index (χ2v) is 7.41. The van der Waals surface area contributed by atoms with Crippen LogP contribution in [0.1, 0.15) is 66.2 Å². The lowest BCUT2D eigenvalue weighted by atomic mass is 9.74. The Hall–Kier alpha value is -0.0800. The van der Waals surface area contributed by atoms with E-state index in [1.165, 1.54) is 32.1 Å². The number of hydrogen-bond donors (Lipinski definition) is 1. The highest BCUT2D eigenvalue weighted by atomic mass is 16.5. The molecule has 1 rings (SSSR count). The van der Waals surface area contributed by atoms with Gasteiger partial charge in [0.25, 0.3) is 0 Å². The van der Waals surface area contributed by atoms with Gasteiger partial charge in [0.15, 0.2) is 0 Å². The maximum Gasteiger partial charge on any atom is 0.0465 e. The zero-order chi connectivity index (χ0) is 13.8. The molecule has 108 valence electrons. The van der Waals surface area contributed by atoms with Gasteiger partial charge in [-0.25, -0.2) is 0 Å². The van der Waals surface area contributed by atoms with E-state index >= 15 is 0 Å². The van der Waals surface area contributed by atoms with Crippen molar-refractivity contribution in [2.75, 3.05) is 13.7 Å². The largest absolute Gasteiger partial charge is 0.385 e. The number of hydrogen-bond acceptors (Lipinski definition) is 2. The fourth-order valence-electron chi connectivity index (χ4n) is 3.33. The Bertz CT molecular complexity index is 246. The first kappa shape index (κ1) is 16.0. The zero-order valence-corrected chi connectivity index (χ0v) is 13.1. The SMILES string of the molecule is COCCC(C)C1(N)CCCC(C(C)(C)C)CC1. The minimum absolute atomic E-state index is 0.0402. The molecule has 0 amide bonds. The second kappa shape index (κ2) is 6.38. The van der Waals surface area contributed by atoms with Gasteiger partial charge < -0.3 is 10.5 Å². The predicted molar refractivity (Wildman–Crippen MR) is 78.6 cm³/mol. The molecule has 2 N–H and O–H groups in total. The Morgan fingerprint density at radius 3 is 2.50 bits per heavy atom. The van der Waals surface area contributed by atoms with Gasteiger partial charge in [0, 0.05) is 19.3 Å². The van der Waals surface area contributed by atoms with Crippen LogP contribution >= 0.6 is 0 Å². The van der Waals surface area contributed by atoms with Gasteiger partial charge in [0.05, 0.1) is 0 Å². The zero-order valence-electron chi connectivity index (χ0n) is 13.1. The molecule has 0 aromatic rings. The molecule has 1 saturated carbocycles. The third-order valence-electron chi connectivity index (χ3n) is 5.11. The van der Waals surface area contributed by atoms with Crippen LogP contribution in [-0.4, -0.2) is 19.3 Å². The first-order valence-corrected chi connectivity index (χ1v) is 7.57. The molecular formula is C16H33NO. The van der Waals surface area contributed by atoms with E-state index in [1.807, 2.05) is 0 Å². The Morgan fingerprint density at radius 1 is 1.28 bits per heavy atom. The third kappa shape index (κ3) is 4.24. The molecule has 0 saturated heterocycles. The van der Waals surface area contributed by atoms with Gasteiger partial charge in [-0.2, -0.15) is 0 Å². The minimum atomic E-state index is 0.0402. The van der Waals surface area contributed by atoms with Crippen LogP contribution in [0.3, 0.4) is 0 Å². The maximum atomic E-state index is 6.69. The fraction of sp³-hybridized carbons (Fsp3) is 1.00. The van der Waals surface area contributed by atoms with Crippen molar-refractivity contribution in [1.29, 1.82) is 0 Å². The molecule has 1 fully saturated rings. The summed E-state index contributed by atoms with van der Waals surface area (Å²) in [6, 6.07) is 0. The van der Waals surface area contributed by atoms with E-state index < -0.39 is 0 Å². The molecule has 0 bridgehead atoms. The first-order valence-electron chi connectivity index (χ1n) is 7.57. The van der Waals surface area contributed by atoms with Crippen LogP contribution in [0.5, 0.6) is 0 Å². The molecule has 0 aromatic heterocycles. The van der Waals surface area contributed by atoms with E-state index in [2.05, 4.69) is 27.7 Å². The van der Waals surface area contributed by atoms with Crippen molar-refractivity contribution in [2.24, 2.45) is 23.0 Å². The van der Waals surface area contributed by atoms with E-state index in [4.69, 9.17) is 10.5 Å². The fourth-order valence-corrected chi connectivity index (χ4v) is 3.33.